The Balaban J connectivity index is 1.59. The third kappa shape index (κ3) is 3.80. The van der Waals surface area contributed by atoms with E-state index in [1.165, 1.54) is 7.11 Å². The lowest BCUT2D eigenvalue weighted by Crippen LogP contribution is -2.46. The number of hydrogen-bond donors (Lipinski definition) is 0. The number of methoxy groups -OCH3 is 1. The lowest BCUT2D eigenvalue weighted by atomic mass is 10.2. The largest absolute Gasteiger partial charge is 0.463 e. The van der Waals surface area contributed by atoms with Gasteiger partial charge in [0.1, 0.15) is 11.6 Å². The highest BCUT2D eigenvalue weighted by Gasteiger charge is 2.21. The molecule has 25 heavy (non-hydrogen) atoms. The van der Waals surface area contributed by atoms with E-state index in [0.717, 1.165) is 43.3 Å². The first-order chi connectivity index (χ1) is 12.1. The maximum absolute atomic E-state index is 11.6. The SMILES string of the molecule is COC(=O)c1oc(CN2CCN(c3cc(C#N)ccn3)CC2)cc1C. The van der Waals surface area contributed by atoms with Crippen LogP contribution in [-0.2, 0) is 11.3 Å². The number of furan rings is 1. The van der Waals surface area contributed by atoms with Gasteiger partial charge >= 0.3 is 5.97 Å². The Morgan fingerprint density at radius 2 is 2.12 bits per heavy atom. The molecule has 0 atom stereocenters. The summed E-state index contributed by atoms with van der Waals surface area (Å²) in [7, 11) is 1.35. The van der Waals surface area contributed by atoms with Gasteiger partial charge in [-0.1, -0.05) is 0 Å². The normalized spacial score (nSPS) is 15.0. The average molecular weight is 340 g/mol. The van der Waals surface area contributed by atoms with Gasteiger partial charge in [0.25, 0.3) is 0 Å². The Kier molecular flexibility index (Phi) is 5.00. The van der Waals surface area contributed by atoms with E-state index in [-0.39, 0.29) is 5.76 Å². The van der Waals surface area contributed by atoms with Gasteiger partial charge in [-0.25, -0.2) is 9.78 Å². The van der Waals surface area contributed by atoms with Gasteiger partial charge in [-0.05, 0) is 25.1 Å². The molecule has 3 rings (SSSR count). The highest BCUT2D eigenvalue weighted by atomic mass is 16.5. The summed E-state index contributed by atoms with van der Waals surface area (Å²) in [4.78, 5) is 20.4. The smallest absolute Gasteiger partial charge is 0.374 e. The minimum Gasteiger partial charge on any atom is -0.463 e. The van der Waals surface area contributed by atoms with Crippen LogP contribution in [0.5, 0.6) is 0 Å². The molecule has 0 N–H and O–H groups in total. The number of carbonyl (C=O) groups excluding carboxylic acids is 1. The van der Waals surface area contributed by atoms with E-state index >= 15 is 0 Å². The Hall–Kier alpha value is -2.85. The zero-order chi connectivity index (χ0) is 17.8. The number of rotatable bonds is 4. The van der Waals surface area contributed by atoms with Crippen molar-refractivity contribution >= 4 is 11.8 Å². The third-order valence-corrected chi connectivity index (χ3v) is 4.29. The van der Waals surface area contributed by atoms with Crippen molar-refractivity contribution in [3.63, 3.8) is 0 Å². The molecule has 3 heterocycles. The van der Waals surface area contributed by atoms with Crippen LogP contribution < -0.4 is 4.90 Å². The van der Waals surface area contributed by atoms with Crippen LogP contribution in [0.25, 0.3) is 0 Å². The van der Waals surface area contributed by atoms with Crippen LogP contribution in [0.15, 0.2) is 28.8 Å². The van der Waals surface area contributed by atoms with E-state index in [0.29, 0.717) is 12.1 Å². The fourth-order valence-corrected chi connectivity index (χ4v) is 2.94. The monoisotopic (exact) mass is 340 g/mol. The van der Waals surface area contributed by atoms with Crippen LogP contribution in [0.2, 0.25) is 0 Å². The topological polar surface area (TPSA) is 82.6 Å². The molecule has 0 aromatic carbocycles. The maximum atomic E-state index is 11.6. The van der Waals surface area contributed by atoms with Crippen molar-refractivity contribution in [3.05, 3.63) is 47.0 Å². The van der Waals surface area contributed by atoms with E-state index in [1.807, 2.05) is 19.1 Å². The van der Waals surface area contributed by atoms with Gasteiger partial charge in [0.15, 0.2) is 0 Å². The Morgan fingerprint density at radius 1 is 1.36 bits per heavy atom. The second kappa shape index (κ2) is 7.36. The molecule has 0 radical (unpaired) electrons. The van der Waals surface area contributed by atoms with Crippen LogP contribution in [0, 0.1) is 18.3 Å². The molecule has 2 aromatic heterocycles. The molecule has 1 fully saturated rings. The summed E-state index contributed by atoms with van der Waals surface area (Å²) in [5, 5.41) is 9.00. The van der Waals surface area contributed by atoms with Crippen molar-refractivity contribution < 1.29 is 13.9 Å². The minimum atomic E-state index is -0.447. The fraction of sp³-hybridized carbons (Fsp3) is 0.389. The van der Waals surface area contributed by atoms with Crippen LogP contribution in [0.4, 0.5) is 5.82 Å². The van der Waals surface area contributed by atoms with Crippen LogP contribution in [-0.4, -0.2) is 49.1 Å². The number of carbonyl (C=O) groups is 1. The molecule has 0 bridgehead atoms. The molecule has 2 aromatic rings. The summed E-state index contributed by atoms with van der Waals surface area (Å²) < 4.78 is 10.4. The van der Waals surface area contributed by atoms with Crippen molar-refractivity contribution in [1.82, 2.24) is 9.88 Å². The summed E-state index contributed by atoms with van der Waals surface area (Å²) in [6.07, 6.45) is 1.67. The molecule has 0 amide bonds. The molecule has 1 aliphatic heterocycles. The Labute approximate surface area is 146 Å². The summed E-state index contributed by atoms with van der Waals surface area (Å²) in [6.45, 7) is 5.84. The van der Waals surface area contributed by atoms with Gasteiger partial charge < -0.3 is 14.1 Å². The molecule has 0 spiro atoms. The first kappa shape index (κ1) is 17.0. The van der Waals surface area contributed by atoms with Crippen molar-refractivity contribution in [2.45, 2.75) is 13.5 Å². The van der Waals surface area contributed by atoms with E-state index in [9.17, 15) is 4.79 Å². The molecule has 0 saturated carbocycles. The number of hydrogen-bond acceptors (Lipinski definition) is 7. The number of aryl methyl sites for hydroxylation is 1. The van der Waals surface area contributed by atoms with Crippen molar-refractivity contribution in [2.24, 2.45) is 0 Å². The fourth-order valence-electron chi connectivity index (χ4n) is 2.94. The number of pyridine rings is 1. The molecular formula is C18H20N4O3. The highest BCUT2D eigenvalue weighted by Crippen LogP contribution is 2.19. The second-order valence-electron chi connectivity index (χ2n) is 5.99. The number of esters is 1. The van der Waals surface area contributed by atoms with Crippen molar-refractivity contribution in [3.8, 4) is 6.07 Å². The van der Waals surface area contributed by atoms with E-state index in [1.54, 1.807) is 12.3 Å². The van der Waals surface area contributed by atoms with Crippen LogP contribution in [0.1, 0.15) is 27.4 Å². The van der Waals surface area contributed by atoms with Crippen molar-refractivity contribution in [2.75, 3.05) is 38.2 Å². The standard InChI is InChI=1S/C18H20N4O3/c1-13-9-15(25-17(13)18(23)24-2)12-21-5-7-22(8-6-21)16-10-14(11-19)3-4-20-16/h3-4,9-10H,5-8,12H2,1-2H3. The van der Waals surface area contributed by atoms with Gasteiger partial charge in [-0.3, -0.25) is 4.90 Å². The Bertz CT molecular complexity index is 801. The number of nitriles is 1. The summed E-state index contributed by atoms with van der Waals surface area (Å²) in [5.74, 6) is 1.42. The number of anilines is 1. The van der Waals surface area contributed by atoms with Gasteiger partial charge in [0.05, 0.1) is 25.3 Å². The zero-order valence-corrected chi connectivity index (χ0v) is 14.4. The lowest BCUT2D eigenvalue weighted by molar-refractivity contribution is 0.0560. The van der Waals surface area contributed by atoms with Gasteiger partial charge in [0.2, 0.25) is 5.76 Å². The van der Waals surface area contributed by atoms with Crippen LogP contribution in [0.3, 0.4) is 0 Å². The van der Waals surface area contributed by atoms with E-state index in [2.05, 4.69) is 20.9 Å². The summed E-state index contributed by atoms with van der Waals surface area (Å²) in [6, 6.07) is 7.55. The number of ether oxygens (including phenoxy) is 1. The Morgan fingerprint density at radius 3 is 2.80 bits per heavy atom. The molecule has 1 saturated heterocycles. The second-order valence-corrected chi connectivity index (χ2v) is 5.99. The van der Waals surface area contributed by atoms with Crippen molar-refractivity contribution in [1.29, 1.82) is 5.26 Å². The third-order valence-electron chi connectivity index (χ3n) is 4.29. The minimum absolute atomic E-state index is 0.272. The first-order valence-corrected chi connectivity index (χ1v) is 8.12. The van der Waals surface area contributed by atoms with E-state index in [4.69, 9.17) is 14.4 Å². The molecule has 0 unspecified atom stereocenters. The summed E-state index contributed by atoms with van der Waals surface area (Å²) >= 11 is 0. The lowest BCUT2D eigenvalue weighted by Gasteiger charge is -2.34. The highest BCUT2D eigenvalue weighted by molar-refractivity contribution is 5.87. The summed E-state index contributed by atoms with van der Waals surface area (Å²) in [5.41, 5.74) is 1.41. The number of piperazine rings is 1. The van der Waals surface area contributed by atoms with Gasteiger partial charge in [-0.15, -0.1) is 0 Å². The molecule has 7 nitrogen and oxygen atoms in total. The molecule has 130 valence electrons. The predicted octanol–water partition coefficient (Wildman–Crippen LogP) is 1.96. The number of aromatic nitrogens is 1. The average Bonchev–Trinajstić information content (AvgIpc) is 3.02. The first-order valence-electron chi connectivity index (χ1n) is 8.12. The van der Waals surface area contributed by atoms with Crippen LogP contribution >= 0.6 is 0 Å². The zero-order valence-electron chi connectivity index (χ0n) is 14.4. The molecule has 7 heteroatoms. The maximum Gasteiger partial charge on any atom is 0.374 e. The predicted molar refractivity (Wildman–Crippen MR) is 91.2 cm³/mol. The van der Waals surface area contributed by atoms with Gasteiger partial charge in [0, 0.05) is 37.9 Å². The molecule has 1 aliphatic rings. The molecular weight excluding hydrogens is 320 g/mol. The van der Waals surface area contributed by atoms with E-state index < -0.39 is 5.97 Å². The molecule has 0 aliphatic carbocycles. The quantitative estimate of drug-likeness (QED) is 0.787. The van der Waals surface area contributed by atoms with Gasteiger partial charge in [-0.2, -0.15) is 5.26 Å². The number of nitrogens with zero attached hydrogens (tertiary/aromatic N) is 4.